The minimum Gasteiger partial charge on any atom is -0.388 e. The minimum atomic E-state index is -0.740. The van der Waals surface area contributed by atoms with Gasteiger partial charge in [0, 0.05) is 17.1 Å². The molecule has 5 heteroatoms. The zero-order chi connectivity index (χ0) is 15.2. The second-order valence-electron chi connectivity index (χ2n) is 4.62. The number of benzene rings is 2. The molecular weight excluding hydrogens is 293 g/mol. The molecule has 0 bridgehead atoms. The maximum Gasteiger partial charge on any atom is 0.251 e. The Hall–Kier alpha value is -1.91. The lowest BCUT2D eigenvalue weighted by Crippen LogP contribution is -2.25. The summed E-state index contributed by atoms with van der Waals surface area (Å²) in [5, 5.41) is 13.2. The first-order valence-corrected chi connectivity index (χ1v) is 6.91. The monoisotopic (exact) mass is 307 g/mol. The fourth-order valence-corrected chi connectivity index (χ4v) is 2.00. The van der Waals surface area contributed by atoms with Crippen molar-refractivity contribution in [3.63, 3.8) is 0 Å². The van der Waals surface area contributed by atoms with E-state index in [1.54, 1.807) is 24.3 Å². The molecule has 0 aromatic heterocycles. The van der Waals surface area contributed by atoms with Gasteiger partial charge in [0.2, 0.25) is 0 Å². The van der Waals surface area contributed by atoms with Crippen molar-refractivity contribution in [2.45, 2.75) is 12.5 Å². The predicted molar refractivity (Wildman–Crippen MR) is 79.8 cm³/mol. The van der Waals surface area contributed by atoms with Crippen molar-refractivity contribution in [3.05, 3.63) is 70.5 Å². The molecule has 2 N–H and O–H groups in total. The third-order valence-corrected chi connectivity index (χ3v) is 3.32. The molecule has 2 aromatic carbocycles. The molecule has 0 spiro atoms. The number of amides is 1. The van der Waals surface area contributed by atoms with Gasteiger partial charge in [-0.2, -0.15) is 0 Å². The zero-order valence-electron chi connectivity index (χ0n) is 11.2. The van der Waals surface area contributed by atoms with Gasteiger partial charge in [-0.25, -0.2) is 4.39 Å². The van der Waals surface area contributed by atoms with Crippen LogP contribution in [0.3, 0.4) is 0 Å². The number of carbonyl (C=O) groups excluding carboxylic acids is 1. The Balaban J connectivity index is 1.82. The minimum absolute atomic E-state index is 0.224. The average molecular weight is 308 g/mol. The van der Waals surface area contributed by atoms with Crippen molar-refractivity contribution in [1.29, 1.82) is 0 Å². The summed E-state index contributed by atoms with van der Waals surface area (Å²) in [4.78, 5) is 11.8. The standard InChI is InChI=1S/C16H15ClFNO2/c17-13-5-1-12(2-6-13)16(21)19-10-9-15(20)11-3-7-14(18)8-4-11/h1-8,15,20H,9-10H2,(H,19,21). The molecule has 2 aromatic rings. The van der Waals surface area contributed by atoms with Gasteiger partial charge >= 0.3 is 0 Å². The van der Waals surface area contributed by atoms with Crippen LogP contribution in [0.4, 0.5) is 4.39 Å². The summed E-state index contributed by atoms with van der Waals surface area (Å²) < 4.78 is 12.8. The summed E-state index contributed by atoms with van der Waals surface area (Å²) >= 11 is 5.75. The van der Waals surface area contributed by atoms with E-state index in [0.717, 1.165) is 0 Å². The van der Waals surface area contributed by atoms with Crippen LogP contribution in [0.25, 0.3) is 0 Å². The largest absolute Gasteiger partial charge is 0.388 e. The molecule has 0 aliphatic carbocycles. The van der Waals surface area contributed by atoms with Gasteiger partial charge in [-0.05, 0) is 48.4 Å². The SMILES string of the molecule is O=C(NCCC(O)c1ccc(F)cc1)c1ccc(Cl)cc1. The van der Waals surface area contributed by atoms with Crippen LogP contribution in [0.1, 0.15) is 28.4 Å². The van der Waals surface area contributed by atoms with Crippen molar-refractivity contribution in [2.24, 2.45) is 0 Å². The van der Waals surface area contributed by atoms with Crippen LogP contribution in [-0.2, 0) is 0 Å². The normalized spacial score (nSPS) is 12.0. The van der Waals surface area contributed by atoms with Crippen molar-refractivity contribution >= 4 is 17.5 Å². The molecule has 2 rings (SSSR count). The highest BCUT2D eigenvalue weighted by atomic mass is 35.5. The smallest absolute Gasteiger partial charge is 0.251 e. The van der Waals surface area contributed by atoms with Gasteiger partial charge in [-0.1, -0.05) is 23.7 Å². The van der Waals surface area contributed by atoms with Crippen LogP contribution in [0.15, 0.2) is 48.5 Å². The number of aliphatic hydroxyl groups is 1. The highest BCUT2D eigenvalue weighted by molar-refractivity contribution is 6.30. The third kappa shape index (κ3) is 4.55. The van der Waals surface area contributed by atoms with Crippen molar-refractivity contribution in [2.75, 3.05) is 6.54 Å². The molecule has 1 amide bonds. The van der Waals surface area contributed by atoms with Crippen molar-refractivity contribution in [1.82, 2.24) is 5.32 Å². The van der Waals surface area contributed by atoms with Crippen LogP contribution >= 0.6 is 11.6 Å². The molecule has 3 nitrogen and oxygen atoms in total. The maximum absolute atomic E-state index is 12.8. The first-order valence-electron chi connectivity index (χ1n) is 6.53. The lowest BCUT2D eigenvalue weighted by molar-refractivity contribution is 0.0942. The van der Waals surface area contributed by atoms with E-state index in [0.29, 0.717) is 29.1 Å². The zero-order valence-corrected chi connectivity index (χ0v) is 12.0. The number of nitrogens with one attached hydrogen (secondary N) is 1. The molecule has 0 heterocycles. The highest BCUT2D eigenvalue weighted by Gasteiger charge is 2.09. The van der Waals surface area contributed by atoms with Crippen LogP contribution in [0.5, 0.6) is 0 Å². The Labute approximate surface area is 127 Å². The fraction of sp³-hybridized carbons (Fsp3) is 0.188. The quantitative estimate of drug-likeness (QED) is 0.890. The number of hydrogen-bond acceptors (Lipinski definition) is 2. The second kappa shape index (κ2) is 7.20. The number of aliphatic hydroxyl groups excluding tert-OH is 1. The van der Waals surface area contributed by atoms with E-state index in [-0.39, 0.29) is 11.7 Å². The lowest BCUT2D eigenvalue weighted by Gasteiger charge is -2.11. The van der Waals surface area contributed by atoms with E-state index in [2.05, 4.69) is 5.32 Å². The van der Waals surface area contributed by atoms with Crippen LogP contribution < -0.4 is 5.32 Å². The van der Waals surface area contributed by atoms with Gasteiger partial charge in [0.15, 0.2) is 0 Å². The van der Waals surface area contributed by atoms with Crippen LogP contribution in [0, 0.1) is 5.82 Å². The molecule has 0 aliphatic heterocycles. The summed E-state index contributed by atoms with van der Waals surface area (Å²) in [5.74, 6) is -0.569. The second-order valence-corrected chi connectivity index (χ2v) is 5.06. The predicted octanol–water partition coefficient (Wildman–Crippen LogP) is 3.33. The Bertz CT molecular complexity index is 599. The summed E-state index contributed by atoms with van der Waals surface area (Å²) in [6.07, 6.45) is -0.388. The summed E-state index contributed by atoms with van der Waals surface area (Å²) in [6.45, 7) is 0.319. The van der Waals surface area contributed by atoms with E-state index in [9.17, 15) is 14.3 Å². The third-order valence-electron chi connectivity index (χ3n) is 3.06. The van der Waals surface area contributed by atoms with Crippen molar-refractivity contribution in [3.8, 4) is 0 Å². The van der Waals surface area contributed by atoms with Gasteiger partial charge in [-0.15, -0.1) is 0 Å². The van der Waals surface area contributed by atoms with Crippen LogP contribution in [0.2, 0.25) is 5.02 Å². The van der Waals surface area contributed by atoms with E-state index in [1.807, 2.05) is 0 Å². The van der Waals surface area contributed by atoms with E-state index in [4.69, 9.17) is 11.6 Å². The first-order chi connectivity index (χ1) is 10.1. The summed E-state index contributed by atoms with van der Waals surface area (Å²) in [6, 6.07) is 12.2. The number of hydrogen-bond donors (Lipinski definition) is 2. The van der Waals surface area contributed by atoms with Gasteiger partial charge in [0.25, 0.3) is 5.91 Å². The summed E-state index contributed by atoms with van der Waals surface area (Å²) in [5.41, 5.74) is 1.13. The van der Waals surface area contributed by atoms with Gasteiger partial charge in [-0.3, -0.25) is 4.79 Å². The molecule has 1 atom stereocenters. The number of carbonyl (C=O) groups is 1. The average Bonchev–Trinajstić information content (AvgIpc) is 2.48. The molecular formula is C16H15ClFNO2. The topological polar surface area (TPSA) is 49.3 Å². The maximum atomic E-state index is 12.8. The lowest BCUT2D eigenvalue weighted by atomic mass is 10.1. The number of halogens is 2. The molecule has 21 heavy (non-hydrogen) atoms. The molecule has 0 aliphatic rings. The molecule has 110 valence electrons. The molecule has 1 unspecified atom stereocenters. The van der Waals surface area contributed by atoms with E-state index >= 15 is 0 Å². The van der Waals surface area contributed by atoms with Crippen LogP contribution in [-0.4, -0.2) is 17.6 Å². The summed E-state index contributed by atoms with van der Waals surface area (Å²) in [7, 11) is 0. The highest BCUT2D eigenvalue weighted by Crippen LogP contribution is 2.16. The first kappa shape index (κ1) is 15.5. The Morgan fingerprint density at radius 3 is 2.38 bits per heavy atom. The number of rotatable bonds is 5. The van der Waals surface area contributed by atoms with E-state index in [1.165, 1.54) is 24.3 Å². The van der Waals surface area contributed by atoms with E-state index < -0.39 is 6.10 Å². The van der Waals surface area contributed by atoms with Gasteiger partial charge in [0.1, 0.15) is 5.82 Å². The Morgan fingerprint density at radius 2 is 1.76 bits per heavy atom. The molecule has 0 fully saturated rings. The molecule has 0 saturated heterocycles. The Kier molecular flexibility index (Phi) is 5.31. The van der Waals surface area contributed by atoms with Gasteiger partial charge < -0.3 is 10.4 Å². The fourth-order valence-electron chi connectivity index (χ4n) is 1.88. The molecule has 0 radical (unpaired) electrons. The van der Waals surface area contributed by atoms with Gasteiger partial charge in [0.05, 0.1) is 6.10 Å². The van der Waals surface area contributed by atoms with Crippen molar-refractivity contribution < 1.29 is 14.3 Å². The molecule has 0 saturated carbocycles. The Morgan fingerprint density at radius 1 is 1.14 bits per heavy atom.